The highest BCUT2D eigenvalue weighted by atomic mass is 28.4. The van der Waals surface area contributed by atoms with Crippen LogP contribution in [0, 0.1) is 0 Å². The molecule has 2 heterocycles. The van der Waals surface area contributed by atoms with E-state index in [0.717, 1.165) is 6.42 Å². The van der Waals surface area contributed by atoms with Gasteiger partial charge in [-0.3, -0.25) is 9.59 Å². The fourth-order valence-corrected chi connectivity index (χ4v) is 5.47. The second-order valence-electron chi connectivity index (χ2n) is 10.9. The zero-order valence-electron chi connectivity index (χ0n) is 21.9. The molecule has 0 spiro atoms. The number of hydrogen-bond acceptors (Lipinski definition) is 7. The summed E-state index contributed by atoms with van der Waals surface area (Å²) in [5, 5.41) is 2.63. The van der Waals surface area contributed by atoms with E-state index < -0.39 is 26.5 Å². The van der Waals surface area contributed by atoms with Crippen molar-refractivity contribution in [1.29, 1.82) is 0 Å². The molecule has 2 aliphatic heterocycles. The zero-order valence-corrected chi connectivity index (χ0v) is 22.9. The van der Waals surface area contributed by atoms with Gasteiger partial charge in [-0.15, -0.1) is 0 Å². The Bertz CT molecular complexity index is 676. The highest BCUT2D eigenvalue weighted by molar-refractivity contribution is 6.74. The standard InChI is InChI=1S/C22H43B2NO7Si/c1-8-13-19(31-18(27)10-9-17(26)25-5)20(21(24)30-13)28-12-15-14(11-16(23)29-15)32-33(6,7)22(2,3)4/h13-16,19-21H,8-12,23-24H2,1-7H3,(H,25,26)/t13-,14-,15-,16-,19+,20?,21-/m1/s1. The van der Waals surface area contributed by atoms with Gasteiger partial charge in [-0.2, -0.15) is 0 Å². The predicted octanol–water partition coefficient (Wildman–Crippen LogP) is 0.716. The molecular weight excluding hydrogens is 440 g/mol. The summed E-state index contributed by atoms with van der Waals surface area (Å²) in [4.78, 5) is 23.9. The van der Waals surface area contributed by atoms with Crippen LogP contribution in [0.25, 0.3) is 0 Å². The van der Waals surface area contributed by atoms with Gasteiger partial charge in [0, 0.05) is 19.5 Å². The molecule has 8 nitrogen and oxygen atoms in total. The molecule has 0 aromatic heterocycles. The number of amides is 1. The number of hydrogen-bond donors (Lipinski definition) is 1. The van der Waals surface area contributed by atoms with Gasteiger partial charge in [-0.25, -0.2) is 0 Å². The average molecular weight is 483 g/mol. The maximum Gasteiger partial charge on any atom is 0.306 e. The van der Waals surface area contributed by atoms with Gasteiger partial charge < -0.3 is 28.7 Å². The third kappa shape index (κ3) is 7.55. The van der Waals surface area contributed by atoms with E-state index in [9.17, 15) is 9.59 Å². The normalized spacial score (nSPS) is 32.6. The fourth-order valence-electron chi connectivity index (χ4n) is 4.11. The van der Waals surface area contributed by atoms with Gasteiger partial charge in [-0.1, -0.05) is 27.7 Å². The van der Waals surface area contributed by atoms with Crippen LogP contribution in [0.4, 0.5) is 0 Å². The summed E-state index contributed by atoms with van der Waals surface area (Å²) in [6.07, 6.45) is 0.323. The Labute approximate surface area is 202 Å². The smallest absolute Gasteiger partial charge is 0.306 e. The SMILES string of the molecule is B[C@@H]1O[C@H](CC)[C@H](OC(=O)CCC(=O)NC)C1OC[C@H]1O[C@@H](B)C[C@H]1O[Si](C)(C)C(C)(C)C. The summed E-state index contributed by atoms with van der Waals surface area (Å²) in [7, 11) is 3.60. The molecule has 0 aliphatic carbocycles. The van der Waals surface area contributed by atoms with E-state index in [2.05, 4.69) is 47.0 Å². The molecule has 0 aromatic carbocycles. The molecule has 0 aromatic rings. The molecule has 2 saturated heterocycles. The Kier molecular flexibility index (Phi) is 10.1. The van der Waals surface area contributed by atoms with Crippen LogP contribution in [-0.2, 0) is 33.0 Å². The molecule has 2 aliphatic rings. The number of ether oxygens (including phenoxy) is 4. The molecule has 0 bridgehead atoms. The molecule has 11 heteroatoms. The maximum absolute atomic E-state index is 12.4. The van der Waals surface area contributed by atoms with E-state index in [1.54, 1.807) is 7.05 Å². The quantitative estimate of drug-likeness (QED) is 0.362. The van der Waals surface area contributed by atoms with E-state index in [0.29, 0.717) is 13.0 Å². The topological polar surface area (TPSA) is 92.3 Å². The first kappa shape index (κ1) is 28.4. The molecule has 1 unspecified atom stereocenters. The predicted molar refractivity (Wildman–Crippen MR) is 134 cm³/mol. The molecule has 7 atom stereocenters. The second-order valence-corrected chi connectivity index (χ2v) is 15.6. The van der Waals surface area contributed by atoms with Crippen molar-refractivity contribution >= 4 is 35.9 Å². The number of carbonyl (C=O) groups is 2. The molecule has 188 valence electrons. The molecule has 33 heavy (non-hydrogen) atoms. The van der Waals surface area contributed by atoms with E-state index >= 15 is 0 Å². The lowest BCUT2D eigenvalue weighted by Gasteiger charge is -2.39. The third-order valence-electron chi connectivity index (χ3n) is 7.14. The Morgan fingerprint density at radius 2 is 1.76 bits per heavy atom. The summed E-state index contributed by atoms with van der Waals surface area (Å²) in [5.41, 5.74) is 0. The third-order valence-corrected chi connectivity index (χ3v) is 11.6. The molecule has 0 radical (unpaired) electrons. The lowest BCUT2D eigenvalue weighted by Crippen LogP contribution is -2.47. The Morgan fingerprint density at radius 1 is 1.09 bits per heavy atom. The highest BCUT2D eigenvalue weighted by Gasteiger charge is 2.47. The Hall–Kier alpha value is -0.873. The van der Waals surface area contributed by atoms with Crippen LogP contribution in [0.1, 0.15) is 53.4 Å². The fraction of sp³-hybridized carbons (Fsp3) is 0.909. The summed E-state index contributed by atoms with van der Waals surface area (Å²) in [5.74, 6) is -0.610. The summed E-state index contributed by atoms with van der Waals surface area (Å²) < 4.78 is 30.9. The van der Waals surface area contributed by atoms with Crippen LogP contribution in [0.15, 0.2) is 0 Å². The highest BCUT2D eigenvalue weighted by Crippen LogP contribution is 2.39. The molecule has 1 amide bonds. The van der Waals surface area contributed by atoms with Crippen molar-refractivity contribution in [2.45, 2.75) is 114 Å². The molecule has 2 fully saturated rings. The largest absolute Gasteiger partial charge is 0.457 e. The van der Waals surface area contributed by atoms with Crippen LogP contribution in [0.5, 0.6) is 0 Å². The Morgan fingerprint density at radius 3 is 2.33 bits per heavy atom. The van der Waals surface area contributed by atoms with Crippen LogP contribution in [0.3, 0.4) is 0 Å². The number of carbonyl (C=O) groups excluding carboxylic acids is 2. The Balaban J connectivity index is 2.02. The first-order chi connectivity index (χ1) is 15.3. The minimum absolute atomic E-state index is 0.0194. The molecule has 1 N–H and O–H groups in total. The maximum atomic E-state index is 12.4. The van der Waals surface area contributed by atoms with Crippen LogP contribution < -0.4 is 5.32 Å². The van der Waals surface area contributed by atoms with Crippen LogP contribution in [-0.4, -0.2) is 92.1 Å². The first-order valence-corrected chi connectivity index (χ1v) is 15.2. The van der Waals surface area contributed by atoms with E-state index in [-0.39, 0.29) is 54.1 Å². The van der Waals surface area contributed by atoms with Crippen molar-refractivity contribution in [3.8, 4) is 0 Å². The second kappa shape index (κ2) is 11.7. The molecule has 2 rings (SSSR count). The monoisotopic (exact) mass is 483 g/mol. The van der Waals surface area contributed by atoms with Gasteiger partial charge in [0.25, 0.3) is 0 Å². The van der Waals surface area contributed by atoms with E-state index in [1.165, 1.54) is 0 Å². The lowest BCUT2D eigenvalue weighted by molar-refractivity contribution is -0.160. The lowest BCUT2D eigenvalue weighted by atomic mass is 9.92. The minimum Gasteiger partial charge on any atom is -0.457 e. The summed E-state index contributed by atoms with van der Waals surface area (Å²) in [6, 6.07) is -0.113. The summed E-state index contributed by atoms with van der Waals surface area (Å²) >= 11 is 0. The van der Waals surface area contributed by atoms with Crippen LogP contribution in [0.2, 0.25) is 18.1 Å². The van der Waals surface area contributed by atoms with Gasteiger partial charge in [-0.05, 0) is 31.0 Å². The average Bonchev–Trinajstić information content (AvgIpc) is 3.21. The number of nitrogens with one attached hydrogen (secondary N) is 1. The van der Waals surface area contributed by atoms with Gasteiger partial charge >= 0.3 is 5.97 Å². The summed E-state index contributed by atoms with van der Waals surface area (Å²) in [6.45, 7) is 13.5. The zero-order chi connectivity index (χ0) is 25.0. The van der Waals surface area contributed by atoms with Gasteiger partial charge in [0.2, 0.25) is 5.91 Å². The number of rotatable bonds is 10. The van der Waals surface area contributed by atoms with Crippen LogP contribution >= 0.6 is 0 Å². The molecule has 0 saturated carbocycles. The van der Waals surface area contributed by atoms with Crippen molar-refractivity contribution in [2.24, 2.45) is 0 Å². The molecular formula is C22H43B2NO7Si. The number of esters is 1. The van der Waals surface area contributed by atoms with Crippen molar-refractivity contribution in [3.63, 3.8) is 0 Å². The van der Waals surface area contributed by atoms with Gasteiger partial charge in [0.1, 0.15) is 27.9 Å². The van der Waals surface area contributed by atoms with Crippen molar-refractivity contribution < 1.29 is 33.0 Å². The van der Waals surface area contributed by atoms with E-state index in [1.807, 2.05) is 14.8 Å². The van der Waals surface area contributed by atoms with Crippen molar-refractivity contribution in [1.82, 2.24) is 5.32 Å². The van der Waals surface area contributed by atoms with Gasteiger partial charge in [0.15, 0.2) is 14.4 Å². The van der Waals surface area contributed by atoms with Gasteiger partial charge in [0.05, 0.1) is 31.2 Å². The van der Waals surface area contributed by atoms with Crippen molar-refractivity contribution in [2.75, 3.05) is 13.7 Å². The minimum atomic E-state index is -1.95. The van der Waals surface area contributed by atoms with E-state index in [4.69, 9.17) is 23.4 Å². The first-order valence-electron chi connectivity index (χ1n) is 12.3. The van der Waals surface area contributed by atoms with Crippen molar-refractivity contribution in [3.05, 3.63) is 0 Å².